The van der Waals surface area contributed by atoms with Gasteiger partial charge in [-0.05, 0) is 71.4 Å². The summed E-state index contributed by atoms with van der Waals surface area (Å²) in [6.07, 6.45) is -8.64. The maximum atomic E-state index is 14.3. The van der Waals surface area contributed by atoms with Crippen LogP contribution in [0.1, 0.15) is 58.1 Å². The number of nitrogens with zero attached hydrogens (tertiary/aromatic N) is 2. The van der Waals surface area contributed by atoms with Crippen LogP contribution in [0, 0.1) is 19.7 Å². The topological polar surface area (TPSA) is 68.4 Å². The normalized spacial score (nSPS) is 15.6. The number of carbonyl (C=O) groups excluding carboxylic acids is 1. The van der Waals surface area contributed by atoms with Crippen LogP contribution in [0.5, 0.6) is 0 Å². The molecule has 2 heterocycles. The van der Waals surface area contributed by atoms with Crippen LogP contribution in [-0.4, -0.2) is 48.5 Å². The smallest absolute Gasteiger partial charge is 0.368 e. The van der Waals surface area contributed by atoms with Gasteiger partial charge in [0.2, 0.25) is 0 Å². The van der Waals surface area contributed by atoms with E-state index in [1.165, 1.54) is 6.92 Å². The number of carbonyl (C=O) groups is 1. The summed E-state index contributed by atoms with van der Waals surface area (Å²) in [6.45, 7) is 5.01. The number of aryl methyl sites for hydroxylation is 1. The van der Waals surface area contributed by atoms with Gasteiger partial charge in [-0.1, -0.05) is 0 Å². The molecule has 1 aliphatic rings. The minimum atomic E-state index is -5.24. The van der Waals surface area contributed by atoms with Crippen LogP contribution in [0.15, 0.2) is 16.9 Å². The molecule has 13 heteroatoms. The van der Waals surface area contributed by atoms with Crippen LogP contribution in [0.25, 0.3) is 0 Å². The summed E-state index contributed by atoms with van der Waals surface area (Å²) >= 11 is 0. The molecule has 1 saturated heterocycles. The van der Waals surface area contributed by atoms with E-state index in [-0.39, 0.29) is 17.3 Å². The van der Waals surface area contributed by atoms with E-state index in [0.29, 0.717) is 25.5 Å². The van der Waals surface area contributed by atoms with Crippen LogP contribution in [-0.2, 0) is 18.9 Å². The molecule has 0 radical (unpaired) electrons. The van der Waals surface area contributed by atoms with Gasteiger partial charge in [0.15, 0.2) is 5.82 Å². The number of H-pyrrole nitrogens is 1. The molecule has 6 nitrogen and oxygen atoms in total. The van der Waals surface area contributed by atoms with Gasteiger partial charge in [0, 0.05) is 30.4 Å². The molecule has 2 aromatic rings. The van der Waals surface area contributed by atoms with Gasteiger partial charge in [-0.15, -0.1) is 0 Å². The molecule has 0 aliphatic carbocycles. The van der Waals surface area contributed by atoms with Gasteiger partial charge < -0.3 is 20.1 Å². The van der Waals surface area contributed by atoms with Gasteiger partial charge >= 0.3 is 12.4 Å². The molecule has 38 heavy (non-hydrogen) atoms. The lowest BCUT2D eigenvalue weighted by molar-refractivity contribution is -0.141. The molecule has 0 unspecified atom stereocenters. The molecule has 1 fully saturated rings. The third-order valence-electron chi connectivity index (χ3n) is 6.87. The Morgan fingerprint density at radius 1 is 1.11 bits per heavy atom. The number of aromatic amines is 1. The molecule has 0 atom stereocenters. The Kier molecular flexibility index (Phi) is 8.49. The summed E-state index contributed by atoms with van der Waals surface area (Å²) in [4.78, 5) is 31.1. The molecule has 3 rings (SSSR count). The molecular formula is C25H29F7N4O2. The van der Waals surface area contributed by atoms with Crippen molar-refractivity contribution in [3.8, 4) is 0 Å². The lowest BCUT2D eigenvalue weighted by atomic mass is 9.97. The Morgan fingerprint density at radius 3 is 2.24 bits per heavy atom. The fourth-order valence-electron chi connectivity index (χ4n) is 4.79. The van der Waals surface area contributed by atoms with Crippen molar-refractivity contribution in [1.82, 2.24) is 15.2 Å². The van der Waals surface area contributed by atoms with Crippen molar-refractivity contribution in [1.29, 1.82) is 0 Å². The Morgan fingerprint density at radius 2 is 1.71 bits per heavy atom. The summed E-state index contributed by atoms with van der Waals surface area (Å²) in [5.74, 6) is -2.82. The minimum Gasteiger partial charge on any atom is -0.368 e. The zero-order chi connectivity index (χ0) is 28.6. The van der Waals surface area contributed by atoms with Gasteiger partial charge in [-0.2, -0.15) is 26.3 Å². The first kappa shape index (κ1) is 29.5. The number of piperidine rings is 1. The first-order valence-electron chi connectivity index (χ1n) is 12.0. The second-order valence-corrected chi connectivity index (χ2v) is 9.41. The summed E-state index contributed by atoms with van der Waals surface area (Å²) in [6, 6.07) is 1.52. The van der Waals surface area contributed by atoms with Gasteiger partial charge in [-0.3, -0.25) is 9.59 Å². The highest BCUT2D eigenvalue weighted by atomic mass is 19.4. The summed E-state index contributed by atoms with van der Waals surface area (Å²) in [5.41, 5.74) is -5.92. The van der Waals surface area contributed by atoms with Crippen molar-refractivity contribution in [2.45, 2.75) is 58.6 Å². The highest BCUT2D eigenvalue weighted by Crippen LogP contribution is 2.37. The minimum absolute atomic E-state index is 0.0715. The third kappa shape index (κ3) is 6.13. The van der Waals surface area contributed by atoms with Crippen LogP contribution in [0.3, 0.4) is 0 Å². The molecule has 1 aliphatic heterocycles. The number of pyridine rings is 1. The molecule has 210 valence electrons. The van der Waals surface area contributed by atoms with Crippen molar-refractivity contribution >= 4 is 11.6 Å². The molecule has 1 amide bonds. The van der Waals surface area contributed by atoms with E-state index in [9.17, 15) is 40.3 Å². The number of amides is 1. The van der Waals surface area contributed by atoms with E-state index in [0.717, 1.165) is 26.1 Å². The molecule has 2 N–H and O–H groups in total. The molecule has 1 aromatic carbocycles. The monoisotopic (exact) mass is 550 g/mol. The van der Waals surface area contributed by atoms with Crippen molar-refractivity contribution in [3.63, 3.8) is 0 Å². The number of halogens is 7. The summed E-state index contributed by atoms with van der Waals surface area (Å²) in [5, 5.41) is 2.09. The lowest BCUT2D eigenvalue weighted by Gasteiger charge is -2.39. The van der Waals surface area contributed by atoms with Crippen LogP contribution >= 0.6 is 0 Å². The fourth-order valence-corrected chi connectivity index (χ4v) is 4.79. The largest absolute Gasteiger partial charge is 0.419 e. The predicted octanol–water partition coefficient (Wildman–Crippen LogP) is 5.02. The van der Waals surface area contributed by atoms with Gasteiger partial charge in [0.1, 0.15) is 5.56 Å². The second kappa shape index (κ2) is 11.0. The molecule has 0 bridgehead atoms. The van der Waals surface area contributed by atoms with E-state index >= 15 is 0 Å². The maximum absolute atomic E-state index is 14.3. The van der Waals surface area contributed by atoms with Crippen molar-refractivity contribution < 1.29 is 35.5 Å². The van der Waals surface area contributed by atoms with E-state index in [1.54, 1.807) is 11.8 Å². The average molecular weight is 551 g/mol. The number of likely N-dealkylation sites (tertiary alicyclic amines) is 1. The van der Waals surface area contributed by atoms with Crippen molar-refractivity contribution in [2.24, 2.45) is 0 Å². The number of nitrogens with one attached hydrogen (secondary N) is 2. The number of hydrogen-bond acceptors (Lipinski definition) is 4. The molecule has 0 saturated carbocycles. The van der Waals surface area contributed by atoms with Gasteiger partial charge in [-0.25, -0.2) is 4.39 Å². The summed E-state index contributed by atoms with van der Waals surface area (Å²) in [7, 11) is 1.94. The lowest BCUT2D eigenvalue weighted by Crippen LogP contribution is -2.44. The van der Waals surface area contributed by atoms with E-state index in [1.807, 2.05) is 12.0 Å². The second-order valence-electron chi connectivity index (χ2n) is 9.41. The SMILES string of the molecule is CCN(c1cc(C(F)(F)F)cc(C(=O)NCc2c(C(F)(F)F)c(F)c(C)[nH]c2=O)c1C)C1CCN(C)CC1. The van der Waals surface area contributed by atoms with Gasteiger partial charge in [0.25, 0.3) is 11.5 Å². The first-order valence-corrected chi connectivity index (χ1v) is 12.0. The van der Waals surface area contributed by atoms with E-state index in [2.05, 4.69) is 10.2 Å². The zero-order valence-electron chi connectivity index (χ0n) is 21.3. The standard InChI is InChI=1S/C25H29F7N4O2/c1-5-36(16-6-8-35(4)9-7-16)19-11-15(24(27,28)29)10-17(13(19)2)22(37)33-12-18-20(25(30,31)32)21(26)14(3)34-23(18)38/h10-11,16H,5-9,12H2,1-4H3,(H,33,37)(H,34,38). The Balaban J connectivity index is 2.02. The number of alkyl halides is 6. The predicted molar refractivity (Wildman–Crippen MR) is 128 cm³/mol. The molecule has 0 spiro atoms. The van der Waals surface area contributed by atoms with Crippen LogP contribution in [0.2, 0.25) is 0 Å². The first-order chi connectivity index (χ1) is 17.6. The zero-order valence-corrected chi connectivity index (χ0v) is 21.3. The van der Waals surface area contributed by atoms with E-state index < -0.39 is 64.1 Å². The van der Waals surface area contributed by atoms with E-state index in [4.69, 9.17) is 0 Å². The van der Waals surface area contributed by atoms with Gasteiger partial charge in [0.05, 0.1) is 16.8 Å². The number of anilines is 1. The molecule has 1 aromatic heterocycles. The number of benzene rings is 1. The highest BCUT2D eigenvalue weighted by molar-refractivity contribution is 5.97. The Labute approximate surface area is 214 Å². The van der Waals surface area contributed by atoms with Crippen LogP contribution in [0.4, 0.5) is 36.4 Å². The number of rotatable bonds is 6. The van der Waals surface area contributed by atoms with Crippen LogP contribution < -0.4 is 15.8 Å². The Hall–Kier alpha value is -3.09. The average Bonchev–Trinajstić information content (AvgIpc) is 2.81. The maximum Gasteiger partial charge on any atom is 0.419 e. The quantitative estimate of drug-likeness (QED) is 0.496. The summed E-state index contributed by atoms with van der Waals surface area (Å²) < 4.78 is 96.2. The third-order valence-corrected chi connectivity index (χ3v) is 6.87. The fraction of sp³-hybridized carbons (Fsp3) is 0.520. The highest BCUT2D eigenvalue weighted by Gasteiger charge is 2.39. The molecular weight excluding hydrogens is 521 g/mol. The Bertz CT molecular complexity index is 1250. The number of aromatic nitrogens is 1. The van der Waals surface area contributed by atoms with Crippen molar-refractivity contribution in [3.05, 3.63) is 61.8 Å². The number of hydrogen-bond donors (Lipinski definition) is 2. The van der Waals surface area contributed by atoms with Crippen molar-refractivity contribution in [2.75, 3.05) is 31.6 Å².